The van der Waals surface area contributed by atoms with E-state index in [4.69, 9.17) is 0 Å². The van der Waals surface area contributed by atoms with Crippen molar-refractivity contribution in [3.05, 3.63) is 83.9 Å². The van der Waals surface area contributed by atoms with E-state index in [0.29, 0.717) is 5.92 Å². The van der Waals surface area contributed by atoms with Gasteiger partial charge in [0, 0.05) is 5.92 Å². The Morgan fingerprint density at radius 1 is 0.960 bits per heavy atom. The average Bonchev–Trinajstić information content (AvgIpc) is 3.47. The molecule has 25 heavy (non-hydrogen) atoms. The predicted octanol–water partition coefficient (Wildman–Crippen LogP) is 4.48. The number of amides is 1. The lowest BCUT2D eigenvalue weighted by atomic mass is 10.0. The molecule has 0 saturated heterocycles. The van der Waals surface area contributed by atoms with Gasteiger partial charge < -0.3 is 0 Å². The van der Waals surface area contributed by atoms with Crippen molar-refractivity contribution >= 4 is 22.4 Å². The molecule has 0 heterocycles. The van der Waals surface area contributed by atoms with Crippen molar-refractivity contribution < 1.29 is 4.79 Å². The third kappa shape index (κ3) is 3.31. The Morgan fingerprint density at radius 2 is 1.68 bits per heavy atom. The van der Waals surface area contributed by atoms with Gasteiger partial charge in [0.2, 0.25) is 5.91 Å². The molecule has 1 aliphatic carbocycles. The first kappa shape index (κ1) is 15.6. The monoisotopic (exact) mass is 328 g/mol. The van der Waals surface area contributed by atoms with E-state index in [-0.39, 0.29) is 11.8 Å². The number of hydrogen-bond acceptors (Lipinski definition) is 2. The van der Waals surface area contributed by atoms with Gasteiger partial charge in [-0.25, -0.2) is 5.43 Å². The highest BCUT2D eigenvalue weighted by atomic mass is 16.2. The number of nitrogens with one attached hydrogen (secondary N) is 1. The molecule has 0 aliphatic heterocycles. The summed E-state index contributed by atoms with van der Waals surface area (Å²) >= 11 is 0. The normalized spacial score (nSPS) is 19.6. The molecule has 3 aromatic carbocycles. The number of fused-ring (bicyclic) bond motifs is 1. The van der Waals surface area contributed by atoms with Crippen molar-refractivity contribution in [2.75, 3.05) is 0 Å². The highest BCUT2D eigenvalue weighted by Crippen LogP contribution is 2.47. The number of benzene rings is 3. The van der Waals surface area contributed by atoms with Gasteiger partial charge in [0.15, 0.2) is 0 Å². The maximum atomic E-state index is 12.3. The molecule has 2 atom stereocenters. The first-order chi connectivity index (χ1) is 12.2. The van der Waals surface area contributed by atoms with Crippen LogP contribution in [0.2, 0.25) is 0 Å². The van der Waals surface area contributed by atoms with Gasteiger partial charge in [-0.2, -0.15) is 5.10 Å². The molecule has 4 rings (SSSR count). The molecule has 0 aromatic heterocycles. The number of carbonyl (C=O) groups is 1. The van der Waals surface area contributed by atoms with Crippen LogP contribution in [0.4, 0.5) is 0 Å². The maximum Gasteiger partial charge on any atom is 0.243 e. The summed E-state index contributed by atoms with van der Waals surface area (Å²) in [5.74, 6) is 0.377. The Hall–Kier alpha value is -2.94. The van der Waals surface area contributed by atoms with Crippen molar-refractivity contribution in [2.24, 2.45) is 11.0 Å². The Bertz CT molecular complexity index is 946. The maximum absolute atomic E-state index is 12.3. The third-order valence-electron chi connectivity index (χ3n) is 4.86. The van der Waals surface area contributed by atoms with Crippen LogP contribution >= 0.6 is 0 Å². The molecular weight excluding hydrogens is 308 g/mol. The van der Waals surface area contributed by atoms with Gasteiger partial charge in [-0.15, -0.1) is 0 Å². The van der Waals surface area contributed by atoms with Gasteiger partial charge in [-0.3, -0.25) is 4.79 Å². The Morgan fingerprint density at radius 3 is 2.48 bits per heavy atom. The molecule has 3 nitrogen and oxygen atoms in total. The number of nitrogens with zero attached hydrogens (tertiary/aromatic N) is 1. The molecule has 124 valence electrons. The van der Waals surface area contributed by atoms with Crippen molar-refractivity contribution in [1.29, 1.82) is 0 Å². The van der Waals surface area contributed by atoms with E-state index in [1.165, 1.54) is 16.3 Å². The number of hydrogen-bond donors (Lipinski definition) is 1. The predicted molar refractivity (Wildman–Crippen MR) is 102 cm³/mol. The molecule has 2 unspecified atom stereocenters. The van der Waals surface area contributed by atoms with E-state index in [0.717, 1.165) is 17.7 Å². The molecule has 1 N–H and O–H groups in total. The summed E-state index contributed by atoms with van der Waals surface area (Å²) in [4.78, 5) is 12.3. The molecule has 3 aromatic rings. The van der Waals surface area contributed by atoms with E-state index in [9.17, 15) is 4.79 Å². The molecule has 0 spiro atoms. The second-order valence-corrected chi connectivity index (χ2v) is 6.59. The lowest BCUT2D eigenvalue weighted by molar-refractivity contribution is -0.122. The highest BCUT2D eigenvalue weighted by molar-refractivity contribution is 6.02. The van der Waals surface area contributed by atoms with E-state index in [1.807, 2.05) is 43.3 Å². The second-order valence-electron chi connectivity index (χ2n) is 6.59. The standard InChI is InChI=1S/C22H20N2O/c1-15(18-12-11-16-7-5-6-10-19(16)13-18)23-24-22(25)21-14-20(21)17-8-3-2-4-9-17/h2-13,20-21H,14H2,1H3,(H,24,25). The molecule has 0 radical (unpaired) electrons. The van der Waals surface area contributed by atoms with Crippen LogP contribution in [0, 0.1) is 5.92 Å². The average molecular weight is 328 g/mol. The first-order valence-electron chi connectivity index (χ1n) is 8.60. The summed E-state index contributed by atoms with van der Waals surface area (Å²) in [6.07, 6.45) is 0.903. The van der Waals surface area contributed by atoms with Crippen LogP contribution in [0.1, 0.15) is 30.4 Å². The summed E-state index contributed by atoms with van der Waals surface area (Å²) in [5.41, 5.74) is 5.81. The van der Waals surface area contributed by atoms with E-state index in [1.54, 1.807) is 0 Å². The minimum Gasteiger partial charge on any atom is -0.273 e. The van der Waals surface area contributed by atoms with Crippen molar-refractivity contribution in [3.8, 4) is 0 Å². The molecule has 1 saturated carbocycles. The summed E-state index contributed by atoms with van der Waals surface area (Å²) in [6, 6.07) is 24.7. The zero-order chi connectivity index (χ0) is 17.2. The number of carbonyl (C=O) groups excluding carboxylic acids is 1. The molecule has 1 amide bonds. The molecular formula is C22H20N2O. The summed E-state index contributed by atoms with van der Waals surface area (Å²) in [5, 5.41) is 6.68. The van der Waals surface area contributed by atoms with Gasteiger partial charge >= 0.3 is 0 Å². The van der Waals surface area contributed by atoms with Crippen LogP contribution in [0.25, 0.3) is 10.8 Å². The topological polar surface area (TPSA) is 41.5 Å². The minimum absolute atomic E-state index is 0.00833. The van der Waals surface area contributed by atoms with Crippen LogP contribution in [0.3, 0.4) is 0 Å². The Balaban J connectivity index is 1.43. The van der Waals surface area contributed by atoms with Gasteiger partial charge in [0.05, 0.1) is 5.71 Å². The van der Waals surface area contributed by atoms with E-state index in [2.05, 4.69) is 46.9 Å². The van der Waals surface area contributed by atoms with E-state index < -0.39 is 0 Å². The first-order valence-corrected chi connectivity index (χ1v) is 8.60. The van der Waals surface area contributed by atoms with Crippen LogP contribution in [-0.2, 0) is 4.79 Å². The fraction of sp³-hybridized carbons (Fsp3) is 0.182. The van der Waals surface area contributed by atoms with Gasteiger partial charge in [-0.1, -0.05) is 66.7 Å². The largest absolute Gasteiger partial charge is 0.273 e. The quantitative estimate of drug-likeness (QED) is 0.557. The van der Waals surface area contributed by atoms with Gasteiger partial charge in [0.25, 0.3) is 0 Å². The minimum atomic E-state index is 0.00833. The Kier molecular flexibility index (Phi) is 4.06. The smallest absolute Gasteiger partial charge is 0.243 e. The van der Waals surface area contributed by atoms with Crippen molar-refractivity contribution in [3.63, 3.8) is 0 Å². The second kappa shape index (κ2) is 6.52. The van der Waals surface area contributed by atoms with Crippen LogP contribution < -0.4 is 5.43 Å². The summed E-state index contributed by atoms with van der Waals surface area (Å²) in [7, 11) is 0. The van der Waals surface area contributed by atoms with Crippen molar-refractivity contribution in [2.45, 2.75) is 19.3 Å². The lowest BCUT2D eigenvalue weighted by Crippen LogP contribution is -2.21. The fourth-order valence-electron chi connectivity index (χ4n) is 3.25. The molecule has 0 bridgehead atoms. The fourth-order valence-corrected chi connectivity index (χ4v) is 3.25. The zero-order valence-electron chi connectivity index (χ0n) is 14.1. The number of rotatable bonds is 4. The van der Waals surface area contributed by atoms with Crippen molar-refractivity contribution in [1.82, 2.24) is 5.43 Å². The van der Waals surface area contributed by atoms with Gasteiger partial charge in [-0.05, 0) is 47.2 Å². The lowest BCUT2D eigenvalue weighted by Gasteiger charge is -2.05. The van der Waals surface area contributed by atoms with Crippen LogP contribution in [0.15, 0.2) is 77.9 Å². The molecule has 1 aliphatic rings. The third-order valence-corrected chi connectivity index (χ3v) is 4.86. The zero-order valence-corrected chi connectivity index (χ0v) is 14.1. The summed E-state index contributed by atoms with van der Waals surface area (Å²) < 4.78 is 0. The molecule has 3 heteroatoms. The highest BCUT2D eigenvalue weighted by Gasteiger charge is 2.43. The summed E-state index contributed by atoms with van der Waals surface area (Å²) in [6.45, 7) is 1.92. The Labute approximate surface area is 147 Å². The van der Waals surface area contributed by atoms with Gasteiger partial charge in [0.1, 0.15) is 0 Å². The van der Waals surface area contributed by atoms with Crippen LogP contribution in [0.5, 0.6) is 0 Å². The SMILES string of the molecule is CC(=NNC(=O)C1CC1c1ccccc1)c1ccc2ccccc2c1. The van der Waals surface area contributed by atoms with Crippen LogP contribution in [-0.4, -0.2) is 11.6 Å². The molecule has 1 fully saturated rings. The number of hydrazone groups is 1. The van der Waals surface area contributed by atoms with E-state index >= 15 is 0 Å².